The third-order valence-electron chi connectivity index (χ3n) is 5.43. The molecule has 164 valence electrons. The van der Waals surface area contributed by atoms with E-state index in [4.69, 9.17) is 34.5 Å². The lowest BCUT2D eigenvalue weighted by Crippen LogP contribution is -2.46. The zero-order valence-electron chi connectivity index (χ0n) is 17.6. The van der Waals surface area contributed by atoms with Gasteiger partial charge in [0.05, 0.1) is 6.21 Å². The van der Waals surface area contributed by atoms with Crippen molar-refractivity contribution in [2.24, 2.45) is 10.8 Å². The smallest absolute Gasteiger partial charge is 0.184 e. The van der Waals surface area contributed by atoms with Gasteiger partial charge >= 0.3 is 0 Å². The molecule has 32 heavy (non-hydrogen) atoms. The van der Waals surface area contributed by atoms with Crippen LogP contribution in [0, 0.1) is 0 Å². The molecule has 4 rings (SSSR count). The van der Waals surface area contributed by atoms with E-state index in [9.17, 15) is 0 Å². The average Bonchev–Trinajstić information content (AvgIpc) is 2.81. The Bertz CT molecular complexity index is 1080. The van der Waals surface area contributed by atoms with Crippen LogP contribution < -0.4 is 16.1 Å². The van der Waals surface area contributed by atoms with E-state index in [-0.39, 0.29) is 5.11 Å². The standard InChI is InChI=1S/C24H25ClN6S/c25-22-4-2-1-3-21(22)17-30-11-13-31(14-12-30)23-10-9-20(16-27-23)19-7-5-18(6-8-19)15-28-29-24(26)32/h1-10,15-16H,11-14,17H2,(H3,26,29,32). The molecule has 1 aromatic heterocycles. The van der Waals surface area contributed by atoms with Crippen molar-refractivity contribution in [3.63, 3.8) is 0 Å². The van der Waals surface area contributed by atoms with Crippen LogP contribution in [0.5, 0.6) is 0 Å². The number of nitrogens with one attached hydrogen (secondary N) is 1. The summed E-state index contributed by atoms with van der Waals surface area (Å²) in [6.07, 6.45) is 3.61. The number of anilines is 1. The lowest BCUT2D eigenvalue weighted by molar-refractivity contribution is 0.249. The van der Waals surface area contributed by atoms with Gasteiger partial charge in [-0.05, 0) is 47.1 Å². The Morgan fingerprint density at radius 2 is 1.75 bits per heavy atom. The number of hydrazone groups is 1. The SMILES string of the molecule is NC(=S)NN=Cc1ccc(-c2ccc(N3CCN(Cc4ccccc4Cl)CC3)nc2)cc1. The largest absolute Gasteiger partial charge is 0.375 e. The fourth-order valence-electron chi connectivity index (χ4n) is 3.68. The highest BCUT2D eigenvalue weighted by Crippen LogP contribution is 2.23. The Morgan fingerprint density at radius 3 is 2.41 bits per heavy atom. The first-order chi connectivity index (χ1) is 15.6. The molecule has 0 saturated carbocycles. The molecule has 1 aliphatic rings. The van der Waals surface area contributed by atoms with Crippen molar-refractivity contribution in [2.45, 2.75) is 6.54 Å². The molecule has 1 fully saturated rings. The van der Waals surface area contributed by atoms with Crippen molar-refractivity contribution in [1.29, 1.82) is 0 Å². The molecule has 2 heterocycles. The predicted octanol–water partition coefficient (Wildman–Crippen LogP) is 3.89. The zero-order chi connectivity index (χ0) is 22.3. The van der Waals surface area contributed by atoms with Crippen LogP contribution in [0.4, 0.5) is 5.82 Å². The first kappa shape index (κ1) is 22.2. The molecule has 1 aliphatic heterocycles. The highest BCUT2D eigenvalue weighted by molar-refractivity contribution is 7.80. The van der Waals surface area contributed by atoms with Crippen molar-refractivity contribution in [3.05, 3.63) is 83.0 Å². The van der Waals surface area contributed by atoms with Crippen molar-refractivity contribution < 1.29 is 0 Å². The Morgan fingerprint density at radius 1 is 1.03 bits per heavy atom. The number of rotatable bonds is 6. The molecule has 0 unspecified atom stereocenters. The minimum absolute atomic E-state index is 0.144. The van der Waals surface area contributed by atoms with Crippen LogP contribution in [0.25, 0.3) is 11.1 Å². The first-order valence-electron chi connectivity index (χ1n) is 10.4. The van der Waals surface area contributed by atoms with Crippen molar-refractivity contribution in [2.75, 3.05) is 31.1 Å². The molecule has 1 saturated heterocycles. The number of aromatic nitrogens is 1. The number of hydrogen-bond acceptors (Lipinski definition) is 5. The number of pyridine rings is 1. The van der Waals surface area contributed by atoms with Gasteiger partial charge in [0.25, 0.3) is 0 Å². The summed E-state index contributed by atoms with van der Waals surface area (Å²) in [5.41, 5.74) is 12.2. The van der Waals surface area contributed by atoms with E-state index in [0.29, 0.717) is 0 Å². The summed E-state index contributed by atoms with van der Waals surface area (Å²) in [6, 6.07) is 20.4. The molecule has 0 bridgehead atoms. The van der Waals surface area contributed by atoms with Crippen LogP contribution in [-0.4, -0.2) is 47.4 Å². The highest BCUT2D eigenvalue weighted by Gasteiger charge is 2.18. The van der Waals surface area contributed by atoms with E-state index in [1.165, 1.54) is 5.56 Å². The van der Waals surface area contributed by atoms with Crippen LogP contribution >= 0.6 is 23.8 Å². The second-order valence-electron chi connectivity index (χ2n) is 7.62. The molecule has 8 heteroatoms. The predicted molar refractivity (Wildman–Crippen MR) is 136 cm³/mol. The minimum atomic E-state index is 0.144. The molecule has 3 N–H and O–H groups in total. The monoisotopic (exact) mass is 464 g/mol. The molecular formula is C24H25ClN6S. The van der Waals surface area contributed by atoms with E-state index in [1.54, 1.807) is 6.21 Å². The third-order valence-corrected chi connectivity index (χ3v) is 5.89. The van der Waals surface area contributed by atoms with Crippen LogP contribution in [0.2, 0.25) is 5.02 Å². The van der Waals surface area contributed by atoms with Gasteiger partial charge < -0.3 is 10.6 Å². The van der Waals surface area contributed by atoms with E-state index >= 15 is 0 Å². The van der Waals surface area contributed by atoms with Gasteiger partial charge in [0, 0.05) is 49.5 Å². The van der Waals surface area contributed by atoms with E-state index in [2.05, 4.69) is 38.5 Å². The molecular weight excluding hydrogens is 440 g/mol. The number of piperazine rings is 1. The maximum absolute atomic E-state index is 6.31. The summed E-state index contributed by atoms with van der Waals surface area (Å²) in [5, 5.41) is 4.95. The molecule has 0 spiro atoms. The summed E-state index contributed by atoms with van der Waals surface area (Å²) in [6.45, 7) is 4.76. The maximum Gasteiger partial charge on any atom is 0.184 e. The maximum atomic E-state index is 6.31. The number of halogens is 1. The highest BCUT2D eigenvalue weighted by atomic mass is 35.5. The second-order valence-corrected chi connectivity index (χ2v) is 8.46. The van der Waals surface area contributed by atoms with Gasteiger partial charge in [-0.25, -0.2) is 4.98 Å². The summed E-state index contributed by atoms with van der Waals surface area (Å²) < 4.78 is 0. The molecule has 0 amide bonds. The van der Waals surface area contributed by atoms with Gasteiger partial charge in [-0.3, -0.25) is 10.3 Å². The molecule has 0 atom stereocenters. The second kappa shape index (κ2) is 10.5. The summed E-state index contributed by atoms with van der Waals surface area (Å²) in [5.74, 6) is 1.01. The summed E-state index contributed by atoms with van der Waals surface area (Å²) in [4.78, 5) is 9.49. The fourth-order valence-corrected chi connectivity index (χ4v) is 3.93. The topological polar surface area (TPSA) is 69.8 Å². The Labute approximate surface area is 198 Å². The van der Waals surface area contributed by atoms with Crippen LogP contribution in [0.1, 0.15) is 11.1 Å². The normalized spacial score (nSPS) is 14.6. The van der Waals surface area contributed by atoms with Crippen LogP contribution in [-0.2, 0) is 6.54 Å². The number of benzene rings is 2. The molecule has 0 aliphatic carbocycles. The molecule has 6 nitrogen and oxygen atoms in total. The summed E-state index contributed by atoms with van der Waals surface area (Å²) >= 11 is 11.0. The van der Waals surface area contributed by atoms with Gasteiger partial charge in [-0.1, -0.05) is 54.1 Å². The van der Waals surface area contributed by atoms with Crippen LogP contribution in [0.15, 0.2) is 72.0 Å². The van der Waals surface area contributed by atoms with Gasteiger partial charge in [-0.2, -0.15) is 5.10 Å². The number of hydrogen-bond donors (Lipinski definition) is 2. The van der Waals surface area contributed by atoms with E-state index in [0.717, 1.165) is 60.3 Å². The Hall–Kier alpha value is -3.00. The first-order valence-corrected chi connectivity index (χ1v) is 11.2. The quantitative estimate of drug-likeness (QED) is 0.327. The third kappa shape index (κ3) is 5.82. The zero-order valence-corrected chi connectivity index (χ0v) is 19.2. The van der Waals surface area contributed by atoms with Gasteiger partial charge in [0.15, 0.2) is 5.11 Å². The van der Waals surface area contributed by atoms with Crippen molar-refractivity contribution >= 4 is 41.0 Å². The summed E-state index contributed by atoms with van der Waals surface area (Å²) in [7, 11) is 0. The van der Waals surface area contributed by atoms with Gasteiger partial charge in [-0.15, -0.1) is 0 Å². The molecule has 3 aromatic rings. The van der Waals surface area contributed by atoms with Gasteiger partial charge in [0.2, 0.25) is 0 Å². The lowest BCUT2D eigenvalue weighted by Gasteiger charge is -2.35. The lowest BCUT2D eigenvalue weighted by atomic mass is 10.1. The Balaban J connectivity index is 1.33. The number of nitrogens with two attached hydrogens (primary N) is 1. The van der Waals surface area contributed by atoms with E-state index < -0.39 is 0 Å². The van der Waals surface area contributed by atoms with Crippen molar-refractivity contribution in [3.8, 4) is 11.1 Å². The minimum Gasteiger partial charge on any atom is -0.375 e. The molecule has 2 aromatic carbocycles. The average molecular weight is 465 g/mol. The van der Waals surface area contributed by atoms with Crippen LogP contribution in [0.3, 0.4) is 0 Å². The Kier molecular flexibility index (Phi) is 7.32. The van der Waals surface area contributed by atoms with Crippen molar-refractivity contribution in [1.82, 2.24) is 15.3 Å². The van der Waals surface area contributed by atoms with Gasteiger partial charge in [0.1, 0.15) is 5.82 Å². The number of nitrogens with zero attached hydrogens (tertiary/aromatic N) is 4. The number of thiocarbonyl (C=S) groups is 1. The van der Waals surface area contributed by atoms with E-state index in [1.807, 2.05) is 48.7 Å². The molecule has 0 radical (unpaired) electrons. The fraction of sp³-hybridized carbons (Fsp3) is 0.208.